The highest BCUT2D eigenvalue weighted by Crippen LogP contribution is 2.38. The summed E-state index contributed by atoms with van der Waals surface area (Å²) in [6, 6.07) is 14.1. The van der Waals surface area contributed by atoms with Crippen molar-refractivity contribution in [1.29, 1.82) is 0 Å². The molecule has 3 N–H and O–H groups in total. The standard InChI is InChI=1S/C27H28N2O11S2/c1-17-4-9-21(10-5-17)41(36,37)28(15-25(30)31)20-8-13-23(24(14-20)40-19(3)27(34)35)29(16-26(32)33)42(38,39)22-11-6-18(2)7-12-22/h4-14,19H,15-16H2,1-3H3,(H,30,31)(H,32,33)(H,34,35)/t19-/m0/s1. The van der Waals surface area contributed by atoms with Gasteiger partial charge in [-0.2, -0.15) is 0 Å². The molecule has 0 saturated carbocycles. The Kier molecular flexibility index (Phi) is 9.48. The summed E-state index contributed by atoms with van der Waals surface area (Å²) in [6.45, 7) is 2.41. The monoisotopic (exact) mass is 620 g/mol. The van der Waals surface area contributed by atoms with Crippen LogP contribution >= 0.6 is 0 Å². The number of ether oxygens (including phenoxy) is 1. The fourth-order valence-electron chi connectivity index (χ4n) is 3.73. The van der Waals surface area contributed by atoms with Crippen molar-refractivity contribution in [3.63, 3.8) is 0 Å². The van der Waals surface area contributed by atoms with Crippen molar-refractivity contribution in [2.24, 2.45) is 0 Å². The Morgan fingerprint density at radius 1 is 0.714 bits per heavy atom. The Morgan fingerprint density at radius 2 is 1.14 bits per heavy atom. The van der Waals surface area contributed by atoms with Crippen LogP contribution in [0.25, 0.3) is 0 Å². The van der Waals surface area contributed by atoms with E-state index in [9.17, 15) is 46.5 Å². The van der Waals surface area contributed by atoms with Crippen LogP contribution in [0.15, 0.2) is 76.5 Å². The molecule has 224 valence electrons. The van der Waals surface area contributed by atoms with Gasteiger partial charge in [0, 0.05) is 6.07 Å². The van der Waals surface area contributed by atoms with E-state index < -0.39 is 68.6 Å². The summed E-state index contributed by atoms with van der Waals surface area (Å²) < 4.78 is 60.7. The molecule has 0 saturated heterocycles. The van der Waals surface area contributed by atoms with Crippen molar-refractivity contribution < 1.29 is 51.3 Å². The van der Waals surface area contributed by atoms with Crippen molar-refractivity contribution in [2.75, 3.05) is 21.7 Å². The summed E-state index contributed by atoms with van der Waals surface area (Å²) in [5.41, 5.74) is 0.751. The molecule has 0 heterocycles. The zero-order chi connectivity index (χ0) is 31.4. The minimum Gasteiger partial charge on any atom is -0.480 e. The molecule has 15 heteroatoms. The fraction of sp³-hybridized carbons (Fsp3) is 0.222. The molecule has 3 aromatic rings. The smallest absolute Gasteiger partial charge is 0.344 e. The molecule has 0 aliphatic rings. The molecule has 13 nitrogen and oxygen atoms in total. The lowest BCUT2D eigenvalue weighted by Gasteiger charge is -2.28. The van der Waals surface area contributed by atoms with Crippen molar-refractivity contribution in [3.05, 3.63) is 77.9 Å². The van der Waals surface area contributed by atoms with Crippen LogP contribution in [0.2, 0.25) is 0 Å². The Hall–Kier alpha value is -4.63. The molecule has 0 aromatic heterocycles. The van der Waals surface area contributed by atoms with E-state index in [1.807, 2.05) is 0 Å². The second-order valence-electron chi connectivity index (χ2n) is 9.19. The lowest BCUT2D eigenvalue weighted by molar-refractivity contribution is -0.144. The molecule has 0 radical (unpaired) electrons. The summed E-state index contributed by atoms with van der Waals surface area (Å²) in [4.78, 5) is 34.6. The molecular weight excluding hydrogens is 592 g/mol. The molecule has 0 bridgehead atoms. The third-order valence-corrected chi connectivity index (χ3v) is 9.49. The molecule has 0 aliphatic carbocycles. The minimum atomic E-state index is -4.57. The predicted molar refractivity (Wildman–Crippen MR) is 151 cm³/mol. The number of carboxylic acids is 3. The summed E-state index contributed by atoms with van der Waals surface area (Å²) in [5, 5.41) is 28.5. The maximum absolute atomic E-state index is 13.6. The average molecular weight is 621 g/mol. The second-order valence-corrected chi connectivity index (χ2v) is 12.9. The van der Waals surface area contributed by atoms with Gasteiger partial charge in [0.15, 0.2) is 6.10 Å². The topological polar surface area (TPSA) is 196 Å². The first kappa shape index (κ1) is 31.9. The first-order valence-electron chi connectivity index (χ1n) is 12.2. The number of carbonyl (C=O) groups is 3. The number of nitrogens with zero attached hydrogens (tertiary/aromatic N) is 2. The molecule has 0 unspecified atom stereocenters. The van der Waals surface area contributed by atoms with Gasteiger partial charge < -0.3 is 20.1 Å². The molecule has 1 atom stereocenters. The minimum absolute atomic E-state index is 0.241. The van der Waals surface area contributed by atoms with Crippen molar-refractivity contribution in [2.45, 2.75) is 36.7 Å². The summed E-state index contributed by atoms with van der Waals surface area (Å²) in [5.74, 6) is -5.06. The quantitative estimate of drug-likeness (QED) is 0.254. The maximum atomic E-state index is 13.6. The van der Waals surface area contributed by atoms with E-state index in [-0.39, 0.29) is 15.5 Å². The Balaban J connectivity index is 2.27. The van der Waals surface area contributed by atoms with E-state index in [1.54, 1.807) is 13.8 Å². The van der Waals surface area contributed by atoms with E-state index in [4.69, 9.17) is 4.74 Å². The lowest BCUT2D eigenvalue weighted by Crippen LogP contribution is -2.37. The average Bonchev–Trinajstić information content (AvgIpc) is 2.90. The molecule has 3 rings (SSSR count). The van der Waals surface area contributed by atoms with Gasteiger partial charge in [-0.3, -0.25) is 18.2 Å². The van der Waals surface area contributed by atoms with Crippen LogP contribution in [0.4, 0.5) is 11.4 Å². The van der Waals surface area contributed by atoms with E-state index in [2.05, 4.69) is 0 Å². The lowest BCUT2D eigenvalue weighted by atomic mass is 10.2. The summed E-state index contributed by atoms with van der Waals surface area (Å²) in [6.07, 6.45) is -1.60. The van der Waals surface area contributed by atoms with Crippen molar-refractivity contribution in [3.8, 4) is 5.75 Å². The van der Waals surface area contributed by atoms with Crippen LogP contribution in [0.1, 0.15) is 18.1 Å². The van der Waals surface area contributed by atoms with Crippen molar-refractivity contribution >= 4 is 49.3 Å². The normalized spacial score (nSPS) is 12.3. The number of rotatable bonds is 13. The van der Waals surface area contributed by atoms with E-state index in [1.165, 1.54) is 48.5 Å². The van der Waals surface area contributed by atoms with Crippen LogP contribution in [-0.4, -0.2) is 69.3 Å². The first-order valence-corrected chi connectivity index (χ1v) is 15.1. The number of sulfonamides is 2. The SMILES string of the molecule is Cc1ccc(S(=O)(=O)N(CC(=O)O)c2ccc(N(CC(=O)O)S(=O)(=O)c3ccc(C)cc3)c(O[C@@H](C)C(=O)O)c2)cc1. The van der Waals surface area contributed by atoms with E-state index >= 15 is 0 Å². The van der Waals surface area contributed by atoms with Crippen LogP contribution in [0, 0.1) is 13.8 Å². The molecule has 3 aromatic carbocycles. The number of aliphatic carboxylic acids is 3. The number of carboxylic acid groups (broad SMARTS) is 3. The zero-order valence-corrected chi connectivity index (χ0v) is 24.3. The number of aryl methyl sites for hydroxylation is 2. The van der Waals surface area contributed by atoms with Crippen LogP contribution < -0.4 is 13.3 Å². The highest BCUT2D eigenvalue weighted by molar-refractivity contribution is 7.93. The van der Waals surface area contributed by atoms with E-state index in [0.29, 0.717) is 8.61 Å². The molecule has 42 heavy (non-hydrogen) atoms. The van der Waals surface area contributed by atoms with Gasteiger partial charge in [-0.15, -0.1) is 0 Å². The van der Waals surface area contributed by atoms with Crippen LogP contribution in [0.3, 0.4) is 0 Å². The predicted octanol–water partition coefficient (Wildman–Crippen LogP) is 2.72. The highest BCUT2D eigenvalue weighted by atomic mass is 32.2. The van der Waals surface area contributed by atoms with Gasteiger partial charge in [-0.1, -0.05) is 35.4 Å². The fourth-order valence-corrected chi connectivity index (χ4v) is 6.57. The van der Waals surface area contributed by atoms with Crippen LogP contribution in [-0.2, 0) is 34.4 Å². The van der Waals surface area contributed by atoms with Gasteiger partial charge in [0.25, 0.3) is 20.0 Å². The second kappa shape index (κ2) is 12.5. The third kappa shape index (κ3) is 7.16. The zero-order valence-electron chi connectivity index (χ0n) is 22.7. The van der Waals surface area contributed by atoms with Gasteiger partial charge in [0.1, 0.15) is 18.8 Å². The number of benzene rings is 3. The van der Waals surface area contributed by atoms with Crippen LogP contribution in [0.5, 0.6) is 5.75 Å². The highest BCUT2D eigenvalue weighted by Gasteiger charge is 2.33. The number of hydrogen-bond donors (Lipinski definition) is 3. The Labute approximate surface area is 242 Å². The molecule has 0 amide bonds. The van der Waals surface area contributed by atoms with Gasteiger partial charge in [0.05, 0.1) is 21.2 Å². The number of hydrogen-bond acceptors (Lipinski definition) is 8. The van der Waals surface area contributed by atoms with E-state index in [0.717, 1.165) is 36.2 Å². The molecule has 0 aliphatic heterocycles. The summed E-state index contributed by atoms with van der Waals surface area (Å²) >= 11 is 0. The Morgan fingerprint density at radius 3 is 1.57 bits per heavy atom. The largest absolute Gasteiger partial charge is 0.480 e. The van der Waals surface area contributed by atoms with Crippen molar-refractivity contribution in [1.82, 2.24) is 0 Å². The van der Waals surface area contributed by atoms with Gasteiger partial charge in [-0.25, -0.2) is 21.6 Å². The first-order chi connectivity index (χ1) is 19.5. The maximum Gasteiger partial charge on any atom is 0.344 e. The molecule has 0 spiro atoms. The van der Waals surface area contributed by atoms with Gasteiger partial charge in [-0.05, 0) is 57.2 Å². The molecule has 0 fully saturated rings. The Bertz CT molecular complexity index is 1700. The third-order valence-electron chi connectivity index (χ3n) is 5.93. The summed E-state index contributed by atoms with van der Waals surface area (Å²) in [7, 11) is -9.07. The number of anilines is 2. The van der Waals surface area contributed by atoms with Gasteiger partial charge >= 0.3 is 17.9 Å². The molecular formula is C27H28N2O11S2. The van der Waals surface area contributed by atoms with Gasteiger partial charge in [0.2, 0.25) is 0 Å².